The highest BCUT2D eigenvalue weighted by Crippen LogP contribution is 2.26. The number of nitrogens with one attached hydrogen (secondary N) is 1. The maximum Gasteiger partial charge on any atom is 0.322 e. The third kappa shape index (κ3) is 4.83. The Bertz CT molecular complexity index is 1340. The van der Waals surface area contributed by atoms with E-state index >= 15 is 0 Å². The number of rotatable bonds is 6. The number of hydrogen-bond donors (Lipinski definition) is 1. The van der Waals surface area contributed by atoms with Crippen LogP contribution in [0, 0.1) is 0 Å². The van der Waals surface area contributed by atoms with E-state index in [0.717, 1.165) is 10.0 Å². The lowest BCUT2D eigenvalue weighted by Gasteiger charge is -2.30. The lowest BCUT2D eigenvalue weighted by atomic mass is 10.1. The van der Waals surface area contributed by atoms with Gasteiger partial charge in [0.2, 0.25) is 0 Å². The van der Waals surface area contributed by atoms with E-state index in [1.165, 1.54) is 0 Å². The van der Waals surface area contributed by atoms with Gasteiger partial charge in [-0.15, -0.1) is 0 Å². The maximum absolute atomic E-state index is 13.5. The minimum Gasteiger partial charge on any atom is -0.310 e. The van der Waals surface area contributed by atoms with Crippen molar-refractivity contribution in [3.05, 3.63) is 105 Å². The number of carbonyl (C=O) groups excluding carboxylic acids is 1. The Labute approximate surface area is 201 Å². The molecule has 4 aromatic rings. The van der Waals surface area contributed by atoms with E-state index in [4.69, 9.17) is 4.98 Å². The number of para-hydroxylation sites is 2. The summed E-state index contributed by atoms with van der Waals surface area (Å²) in [6.45, 7) is 4.65. The van der Waals surface area contributed by atoms with Crippen LogP contribution in [0.15, 0.2) is 88.1 Å². The van der Waals surface area contributed by atoms with Crippen molar-refractivity contribution in [3.8, 4) is 0 Å². The molecule has 4 rings (SSSR count). The number of aromatic nitrogens is 2. The molecule has 6 nitrogen and oxygen atoms in total. The minimum atomic E-state index is -0.454. The van der Waals surface area contributed by atoms with Crippen LogP contribution in [0.4, 0.5) is 10.5 Å². The molecule has 2 amide bonds. The first kappa shape index (κ1) is 22.7. The van der Waals surface area contributed by atoms with Crippen LogP contribution in [0.25, 0.3) is 10.9 Å². The van der Waals surface area contributed by atoms with Crippen molar-refractivity contribution >= 4 is 38.6 Å². The highest BCUT2D eigenvalue weighted by Gasteiger charge is 2.26. The number of urea groups is 1. The van der Waals surface area contributed by atoms with Crippen LogP contribution in [0.2, 0.25) is 0 Å². The molecule has 33 heavy (non-hydrogen) atoms. The summed E-state index contributed by atoms with van der Waals surface area (Å²) in [5, 5.41) is 3.57. The number of carbonyl (C=O) groups is 1. The predicted octanol–water partition coefficient (Wildman–Crippen LogP) is 5.97. The van der Waals surface area contributed by atoms with Gasteiger partial charge in [-0.1, -0.05) is 54.6 Å². The number of halogens is 1. The van der Waals surface area contributed by atoms with Crippen molar-refractivity contribution in [2.45, 2.75) is 33.0 Å². The van der Waals surface area contributed by atoms with Gasteiger partial charge in [-0.3, -0.25) is 9.36 Å². The van der Waals surface area contributed by atoms with Crippen molar-refractivity contribution in [1.29, 1.82) is 0 Å². The zero-order valence-corrected chi connectivity index (χ0v) is 20.1. The van der Waals surface area contributed by atoms with E-state index in [1.807, 2.05) is 86.6 Å². The Morgan fingerprint density at radius 1 is 1.03 bits per heavy atom. The van der Waals surface area contributed by atoms with Crippen LogP contribution >= 0.6 is 15.9 Å². The van der Waals surface area contributed by atoms with Crippen LogP contribution in [-0.4, -0.2) is 20.5 Å². The van der Waals surface area contributed by atoms with E-state index in [1.54, 1.807) is 15.5 Å². The molecule has 168 valence electrons. The summed E-state index contributed by atoms with van der Waals surface area (Å²) in [4.78, 5) is 33.2. The number of hydrogen-bond acceptors (Lipinski definition) is 3. The largest absolute Gasteiger partial charge is 0.322 e. The van der Waals surface area contributed by atoms with Crippen LogP contribution in [0.1, 0.15) is 31.3 Å². The third-order valence-electron chi connectivity index (χ3n) is 5.62. The standard InChI is InChI=1S/C26H25BrN4O2/c1-3-30-24(28-22-15-9-7-13-20(22)25(30)32)18(2)31(17-19-11-5-4-6-12-19)26(33)29-23-16-10-8-14-21(23)27/h4-16,18H,3,17H2,1-2H3,(H,29,33). The molecular weight excluding hydrogens is 480 g/mol. The molecule has 1 unspecified atom stereocenters. The van der Waals surface area contributed by atoms with Gasteiger partial charge >= 0.3 is 6.03 Å². The first-order valence-electron chi connectivity index (χ1n) is 10.8. The van der Waals surface area contributed by atoms with Crippen LogP contribution in [0.5, 0.6) is 0 Å². The summed E-state index contributed by atoms with van der Waals surface area (Å²) in [7, 11) is 0. The highest BCUT2D eigenvalue weighted by atomic mass is 79.9. The molecule has 1 N–H and O–H groups in total. The Morgan fingerprint density at radius 2 is 1.70 bits per heavy atom. The van der Waals surface area contributed by atoms with Crippen molar-refractivity contribution < 1.29 is 4.79 Å². The van der Waals surface area contributed by atoms with Gasteiger partial charge in [-0.25, -0.2) is 9.78 Å². The molecule has 1 atom stereocenters. The van der Waals surface area contributed by atoms with Crippen molar-refractivity contribution in [2.24, 2.45) is 0 Å². The fourth-order valence-corrected chi connectivity index (χ4v) is 4.25. The van der Waals surface area contributed by atoms with E-state index < -0.39 is 6.04 Å². The molecule has 0 aliphatic heterocycles. The highest BCUT2D eigenvalue weighted by molar-refractivity contribution is 9.10. The molecule has 1 heterocycles. The number of nitrogens with zero attached hydrogens (tertiary/aromatic N) is 3. The van der Waals surface area contributed by atoms with E-state index in [-0.39, 0.29) is 11.6 Å². The second-order valence-corrected chi connectivity index (χ2v) is 8.59. The molecule has 0 fully saturated rings. The smallest absolute Gasteiger partial charge is 0.310 e. The summed E-state index contributed by atoms with van der Waals surface area (Å²) in [5.41, 5.74) is 2.18. The summed E-state index contributed by atoms with van der Waals surface area (Å²) >= 11 is 3.49. The molecule has 1 aromatic heterocycles. The second-order valence-electron chi connectivity index (χ2n) is 7.74. The Kier molecular flexibility index (Phi) is 6.89. The quantitative estimate of drug-likeness (QED) is 0.351. The molecule has 0 saturated carbocycles. The summed E-state index contributed by atoms with van der Waals surface area (Å²) < 4.78 is 2.44. The zero-order chi connectivity index (χ0) is 23.4. The molecule has 7 heteroatoms. The van der Waals surface area contributed by atoms with Crippen LogP contribution in [-0.2, 0) is 13.1 Å². The Balaban J connectivity index is 1.77. The molecule has 3 aromatic carbocycles. The monoisotopic (exact) mass is 504 g/mol. The summed E-state index contributed by atoms with van der Waals surface area (Å²) in [6.07, 6.45) is 0. The molecule has 0 radical (unpaired) electrons. The van der Waals surface area contributed by atoms with Gasteiger partial charge in [0.25, 0.3) is 5.56 Å². The first-order valence-corrected chi connectivity index (χ1v) is 11.6. The van der Waals surface area contributed by atoms with Crippen molar-refractivity contribution in [1.82, 2.24) is 14.5 Å². The van der Waals surface area contributed by atoms with E-state index in [0.29, 0.717) is 35.5 Å². The lowest BCUT2D eigenvalue weighted by Crippen LogP contribution is -2.39. The van der Waals surface area contributed by atoms with E-state index in [9.17, 15) is 9.59 Å². The van der Waals surface area contributed by atoms with Gasteiger partial charge < -0.3 is 10.2 Å². The third-order valence-corrected chi connectivity index (χ3v) is 6.31. The first-order chi connectivity index (χ1) is 16.0. The Hall–Kier alpha value is -3.45. The van der Waals surface area contributed by atoms with Crippen LogP contribution in [0.3, 0.4) is 0 Å². The fraction of sp³-hybridized carbons (Fsp3) is 0.192. The maximum atomic E-state index is 13.5. The normalized spacial score (nSPS) is 11.8. The van der Waals surface area contributed by atoms with E-state index in [2.05, 4.69) is 21.2 Å². The summed E-state index contributed by atoms with van der Waals surface area (Å²) in [6, 6.07) is 23.8. The lowest BCUT2D eigenvalue weighted by molar-refractivity contribution is 0.184. The number of benzene rings is 3. The van der Waals surface area contributed by atoms with Crippen LogP contribution < -0.4 is 10.9 Å². The van der Waals surface area contributed by atoms with Gasteiger partial charge in [0.1, 0.15) is 5.82 Å². The van der Waals surface area contributed by atoms with Gasteiger partial charge in [0.15, 0.2) is 0 Å². The average molecular weight is 505 g/mol. The topological polar surface area (TPSA) is 67.2 Å². The predicted molar refractivity (Wildman–Crippen MR) is 135 cm³/mol. The molecule has 0 aliphatic rings. The molecule has 0 bridgehead atoms. The zero-order valence-electron chi connectivity index (χ0n) is 18.5. The number of anilines is 1. The molecule has 0 spiro atoms. The SMILES string of the molecule is CCn1c(C(C)N(Cc2ccccc2)C(=O)Nc2ccccc2Br)nc2ccccc2c1=O. The Morgan fingerprint density at radius 3 is 2.42 bits per heavy atom. The fourth-order valence-electron chi connectivity index (χ4n) is 3.86. The second kappa shape index (κ2) is 10.0. The molecular formula is C26H25BrN4O2. The van der Waals surface area contributed by atoms with Crippen molar-refractivity contribution in [3.63, 3.8) is 0 Å². The minimum absolute atomic E-state index is 0.101. The summed E-state index contributed by atoms with van der Waals surface area (Å²) in [5.74, 6) is 0.555. The number of amides is 2. The van der Waals surface area contributed by atoms with Crippen molar-refractivity contribution in [2.75, 3.05) is 5.32 Å². The average Bonchev–Trinajstić information content (AvgIpc) is 2.84. The molecule has 0 saturated heterocycles. The van der Waals surface area contributed by atoms with Gasteiger partial charge in [0, 0.05) is 17.6 Å². The van der Waals surface area contributed by atoms with Gasteiger partial charge in [-0.05, 0) is 59.6 Å². The van der Waals surface area contributed by atoms with Gasteiger partial charge in [-0.2, -0.15) is 0 Å². The van der Waals surface area contributed by atoms with Gasteiger partial charge in [0.05, 0.1) is 22.6 Å². The number of fused-ring (bicyclic) bond motifs is 1. The molecule has 0 aliphatic carbocycles.